The average molecular weight is 142 g/mol. The number of hydrogen-bond acceptors (Lipinski definition) is 1. The van der Waals surface area contributed by atoms with Gasteiger partial charge in [0.05, 0.1) is 6.04 Å². The van der Waals surface area contributed by atoms with Gasteiger partial charge < -0.3 is 10.6 Å². The summed E-state index contributed by atoms with van der Waals surface area (Å²) in [5.74, 6) is 2.49. The summed E-state index contributed by atoms with van der Waals surface area (Å²) in [6, 6.07) is 0.00458. The van der Waals surface area contributed by atoms with E-state index in [0.717, 1.165) is 0 Å². The van der Waals surface area contributed by atoms with Crippen LogP contribution in [0.15, 0.2) is 0 Å². The van der Waals surface area contributed by atoms with E-state index in [4.69, 9.17) is 18.6 Å². The predicted octanol–water partition coefficient (Wildman–Crippen LogP) is 0.102. The van der Waals surface area contributed by atoms with E-state index in [9.17, 15) is 0 Å². The Morgan fingerprint density at radius 2 is 2.33 bits per heavy atom. The number of nitrogens with one attached hydrogen (secondary N) is 2. The zero-order valence-electron chi connectivity index (χ0n) is 5.56. The van der Waals surface area contributed by atoms with Gasteiger partial charge in [0.2, 0.25) is 0 Å². The van der Waals surface area contributed by atoms with Gasteiger partial charge in [-0.1, -0.05) is 5.92 Å². The first-order chi connectivity index (χ1) is 4.20. The molecule has 0 saturated heterocycles. The van der Waals surface area contributed by atoms with Crippen LogP contribution >= 0.6 is 12.2 Å². The van der Waals surface area contributed by atoms with Crippen LogP contribution < -0.4 is 10.6 Å². The highest BCUT2D eigenvalue weighted by Crippen LogP contribution is 1.74. The molecular weight excluding hydrogens is 132 g/mol. The standard InChI is InChI=1S/C6H10N2S/c1-4-5(2)8-6(9)7-3/h1,5H,2-3H3,(H2,7,8,9). The summed E-state index contributed by atoms with van der Waals surface area (Å²) in [4.78, 5) is 0. The van der Waals surface area contributed by atoms with Crippen molar-refractivity contribution < 1.29 is 0 Å². The highest BCUT2D eigenvalue weighted by atomic mass is 32.1. The van der Waals surface area contributed by atoms with Crippen molar-refractivity contribution in [1.29, 1.82) is 0 Å². The molecular formula is C6H10N2S. The van der Waals surface area contributed by atoms with Crippen LogP contribution in [0.5, 0.6) is 0 Å². The van der Waals surface area contributed by atoms with Crippen LogP contribution in [-0.4, -0.2) is 18.2 Å². The molecule has 0 aromatic rings. The summed E-state index contributed by atoms with van der Waals surface area (Å²) >= 11 is 4.78. The molecule has 0 aliphatic heterocycles. The maximum absolute atomic E-state index is 5.08. The molecule has 0 spiro atoms. The first-order valence-electron chi connectivity index (χ1n) is 2.65. The second-order valence-electron chi connectivity index (χ2n) is 1.61. The van der Waals surface area contributed by atoms with Crippen molar-refractivity contribution in [2.75, 3.05) is 7.05 Å². The van der Waals surface area contributed by atoms with E-state index >= 15 is 0 Å². The van der Waals surface area contributed by atoms with Gasteiger partial charge in [-0.3, -0.25) is 0 Å². The van der Waals surface area contributed by atoms with Crippen molar-refractivity contribution in [2.24, 2.45) is 0 Å². The molecule has 0 aliphatic carbocycles. The number of terminal acetylenes is 1. The van der Waals surface area contributed by atoms with Crippen LogP contribution in [0.25, 0.3) is 0 Å². The van der Waals surface area contributed by atoms with E-state index in [1.54, 1.807) is 7.05 Å². The van der Waals surface area contributed by atoms with E-state index in [1.807, 2.05) is 6.92 Å². The zero-order chi connectivity index (χ0) is 7.28. The van der Waals surface area contributed by atoms with Crippen LogP contribution in [0.4, 0.5) is 0 Å². The zero-order valence-corrected chi connectivity index (χ0v) is 6.38. The van der Waals surface area contributed by atoms with Gasteiger partial charge in [0, 0.05) is 7.05 Å². The Morgan fingerprint density at radius 1 is 1.78 bits per heavy atom. The second kappa shape index (κ2) is 4.16. The Bertz CT molecular complexity index is 136. The summed E-state index contributed by atoms with van der Waals surface area (Å²) in [7, 11) is 1.75. The monoisotopic (exact) mass is 142 g/mol. The largest absolute Gasteiger partial charge is 0.366 e. The minimum absolute atomic E-state index is 0.00458. The molecule has 0 fully saturated rings. The highest BCUT2D eigenvalue weighted by molar-refractivity contribution is 7.80. The van der Waals surface area contributed by atoms with Crippen molar-refractivity contribution in [3.05, 3.63) is 0 Å². The van der Waals surface area contributed by atoms with Crippen molar-refractivity contribution in [3.8, 4) is 12.3 Å². The first kappa shape index (κ1) is 8.25. The fraction of sp³-hybridized carbons (Fsp3) is 0.500. The summed E-state index contributed by atoms with van der Waals surface area (Å²) in [6.07, 6.45) is 5.08. The molecule has 3 heteroatoms. The van der Waals surface area contributed by atoms with Crippen LogP contribution in [0.3, 0.4) is 0 Å². The molecule has 0 heterocycles. The molecule has 0 amide bonds. The van der Waals surface area contributed by atoms with Gasteiger partial charge >= 0.3 is 0 Å². The van der Waals surface area contributed by atoms with Gasteiger partial charge in [-0.05, 0) is 19.1 Å². The molecule has 0 radical (unpaired) electrons. The molecule has 2 nitrogen and oxygen atoms in total. The molecule has 0 aromatic heterocycles. The number of hydrogen-bond donors (Lipinski definition) is 2. The van der Waals surface area contributed by atoms with Crippen molar-refractivity contribution in [3.63, 3.8) is 0 Å². The molecule has 0 aliphatic rings. The molecule has 0 aromatic carbocycles. The lowest BCUT2D eigenvalue weighted by Crippen LogP contribution is -2.37. The summed E-state index contributed by atoms with van der Waals surface area (Å²) in [5, 5.41) is 6.20. The first-order valence-corrected chi connectivity index (χ1v) is 3.06. The third-order valence-electron chi connectivity index (χ3n) is 0.825. The Morgan fingerprint density at radius 3 is 2.67 bits per heavy atom. The maximum atomic E-state index is 5.08. The van der Waals surface area contributed by atoms with Gasteiger partial charge in [-0.15, -0.1) is 6.42 Å². The molecule has 0 bridgehead atoms. The van der Waals surface area contributed by atoms with E-state index < -0.39 is 0 Å². The van der Waals surface area contributed by atoms with Crippen LogP contribution in [0.1, 0.15) is 6.92 Å². The number of thiocarbonyl (C=S) groups is 1. The van der Waals surface area contributed by atoms with Gasteiger partial charge in [0.1, 0.15) is 0 Å². The van der Waals surface area contributed by atoms with Gasteiger partial charge in [-0.2, -0.15) is 0 Å². The fourth-order valence-corrected chi connectivity index (χ4v) is 0.487. The van der Waals surface area contributed by atoms with Crippen LogP contribution in [0, 0.1) is 12.3 Å². The second-order valence-corrected chi connectivity index (χ2v) is 2.02. The third-order valence-corrected chi connectivity index (χ3v) is 1.15. The predicted molar refractivity (Wildman–Crippen MR) is 43.1 cm³/mol. The van der Waals surface area contributed by atoms with Gasteiger partial charge in [0.15, 0.2) is 5.11 Å². The molecule has 50 valence electrons. The Kier molecular flexibility index (Phi) is 3.81. The Balaban J connectivity index is 3.50. The molecule has 0 rings (SSSR count). The molecule has 2 N–H and O–H groups in total. The maximum Gasteiger partial charge on any atom is 0.166 e. The van der Waals surface area contributed by atoms with Crippen LogP contribution in [-0.2, 0) is 0 Å². The molecule has 9 heavy (non-hydrogen) atoms. The minimum atomic E-state index is 0.00458. The van der Waals surface area contributed by atoms with Gasteiger partial charge in [0.25, 0.3) is 0 Å². The normalized spacial score (nSPS) is 11.2. The smallest absolute Gasteiger partial charge is 0.166 e. The Hall–Kier alpha value is -0.750. The van der Waals surface area contributed by atoms with E-state index in [-0.39, 0.29) is 6.04 Å². The van der Waals surface area contributed by atoms with E-state index in [1.165, 1.54) is 0 Å². The highest BCUT2D eigenvalue weighted by Gasteiger charge is 1.94. The van der Waals surface area contributed by atoms with E-state index in [2.05, 4.69) is 16.6 Å². The summed E-state index contributed by atoms with van der Waals surface area (Å²) < 4.78 is 0. The SMILES string of the molecule is C#CC(C)NC(=S)NC. The lowest BCUT2D eigenvalue weighted by atomic mass is 10.4. The quantitative estimate of drug-likeness (QED) is 0.401. The third kappa shape index (κ3) is 3.80. The van der Waals surface area contributed by atoms with Crippen molar-refractivity contribution >= 4 is 17.3 Å². The topological polar surface area (TPSA) is 24.1 Å². The molecule has 1 unspecified atom stereocenters. The van der Waals surface area contributed by atoms with Gasteiger partial charge in [-0.25, -0.2) is 0 Å². The summed E-state index contributed by atoms with van der Waals surface area (Å²) in [6.45, 7) is 1.86. The summed E-state index contributed by atoms with van der Waals surface area (Å²) in [5.41, 5.74) is 0. The number of rotatable bonds is 1. The average Bonchev–Trinajstić information content (AvgIpc) is 1.87. The Labute approximate surface area is 61.0 Å². The van der Waals surface area contributed by atoms with Crippen molar-refractivity contribution in [2.45, 2.75) is 13.0 Å². The fourth-order valence-electron chi connectivity index (χ4n) is 0.310. The molecule has 1 atom stereocenters. The van der Waals surface area contributed by atoms with Crippen LogP contribution in [0.2, 0.25) is 0 Å². The minimum Gasteiger partial charge on any atom is -0.366 e. The van der Waals surface area contributed by atoms with Crippen molar-refractivity contribution in [1.82, 2.24) is 10.6 Å². The molecule has 0 saturated carbocycles. The van der Waals surface area contributed by atoms with E-state index in [0.29, 0.717) is 5.11 Å². The lowest BCUT2D eigenvalue weighted by Gasteiger charge is -2.08. The lowest BCUT2D eigenvalue weighted by molar-refractivity contribution is 0.817.